The Bertz CT molecular complexity index is 1710. The van der Waals surface area contributed by atoms with Crippen LogP contribution in [-0.4, -0.2) is 96.7 Å². The number of aliphatic hydroxyl groups is 1. The largest absolute Gasteiger partial charge is 0.472 e. The van der Waals surface area contributed by atoms with Crippen molar-refractivity contribution in [1.82, 2.24) is 0 Å². The van der Waals surface area contributed by atoms with Gasteiger partial charge in [0, 0.05) is 25.7 Å². The van der Waals surface area contributed by atoms with Crippen molar-refractivity contribution in [2.75, 3.05) is 39.6 Å². The molecule has 89 heavy (non-hydrogen) atoms. The zero-order chi connectivity index (χ0) is 65.4. The Hall–Kier alpha value is -1.94. The molecule has 0 aliphatic rings. The van der Waals surface area contributed by atoms with Crippen LogP contribution in [0.3, 0.4) is 0 Å². The lowest BCUT2D eigenvalue weighted by atomic mass is 10.0. The first-order valence-electron chi connectivity index (χ1n) is 36.8. The van der Waals surface area contributed by atoms with E-state index in [0.29, 0.717) is 25.7 Å². The van der Waals surface area contributed by atoms with E-state index in [1.807, 2.05) is 0 Å². The van der Waals surface area contributed by atoms with Gasteiger partial charge in [0.15, 0.2) is 12.2 Å². The highest BCUT2D eigenvalue weighted by molar-refractivity contribution is 7.47. The molecule has 3 N–H and O–H groups in total. The van der Waals surface area contributed by atoms with E-state index < -0.39 is 97.5 Å². The Morgan fingerprint density at radius 1 is 0.270 bits per heavy atom. The maximum Gasteiger partial charge on any atom is 0.472 e. The summed E-state index contributed by atoms with van der Waals surface area (Å²) in [5.74, 6) is -2.15. The molecule has 0 radical (unpaired) electrons. The first kappa shape index (κ1) is 87.1. The minimum Gasteiger partial charge on any atom is -0.462 e. The van der Waals surface area contributed by atoms with E-state index in [1.165, 1.54) is 193 Å². The van der Waals surface area contributed by atoms with E-state index in [9.17, 15) is 43.2 Å². The van der Waals surface area contributed by atoms with Crippen LogP contribution >= 0.6 is 15.6 Å². The molecule has 528 valence electrons. The molecule has 0 aliphatic carbocycles. The predicted molar refractivity (Wildman–Crippen MR) is 359 cm³/mol. The van der Waals surface area contributed by atoms with E-state index >= 15 is 0 Å². The fourth-order valence-corrected chi connectivity index (χ4v) is 12.3. The lowest BCUT2D eigenvalue weighted by molar-refractivity contribution is -0.161. The molecule has 2 unspecified atom stereocenters. The van der Waals surface area contributed by atoms with Crippen LogP contribution < -0.4 is 0 Å². The minimum atomic E-state index is -4.95. The van der Waals surface area contributed by atoms with Gasteiger partial charge in [-0.25, -0.2) is 9.13 Å². The van der Waals surface area contributed by atoms with Crippen LogP contribution in [0.5, 0.6) is 0 Å². The number of hydrogen-bond acceptors (Lipinski definition) is 15. The summed E-state index contributed by atoms with van der Waals surface area (Å²) in [4.78, 5) is 71.9. The summed E-state index contributed by atoms with van der Waals surface area (Å²) in [6, 6.07) is 0. The van der Waals surface area contributed by atoms with Crippen molar-refractivity contribution < 1.29 is 80.2 Å². The van der Waals surface area contributed by atoms with E-state index in [-0.39, 0.29) is 25.7 Å². The maximum absolute atomic E-state index is 13.0. The Labute approximate surface area is 543 Å². The molecule has 0 amide bonds. The normalized spacial score (nSPS) is 14.0. The molecule has 19 heteroatoms. The third-order valence-corrected chi connectivity index (χ3v) is 18.3. The zero-order valence-corrected chi connectivity index (χ0v) is 59.2. The summed E-state index contributed by atoms with van der Waals surface area (Å²) in [5, 5.41) is 10.5. The second-order valence-electron chi connectivity index (χ2n) is 25.3. The number of aliphatic hydroxyl groups excluding tert-OH is 1. The molecule has 0 aromatic rings. The van der Waals surface area contributed by atoms with Crippen LogP contribution in [0, 0.1) is 0 Å². The van der Waals surface area contributed by atoms with Crippen LogP contribution in [-0.2, 0) is 65.4 Å². The van der Waals surface area contributed by atoms with E-state index in [2.05, 4.69) is 27.7 Å². The Morgan fingerprint density at radius 2 is 0.449 bits per heavy atom. The summed E-state index contributed by atoms with van der Waals surface area (Å²) in [6.07, 6.45) is 53.9. The lowest BCUT2D eigenvalue weighted by Gasteiger charge is -2.21. The van der Waals surface area contributed by atoms with Crippen LogP contribution in [0.15, 0.2) is 0 Å². The van der Waals surface area contributed by atoms with Gasteiger partial charge < -0.3 is 33.8 Å². The van der Waals surface area contributed by atoms with Gasteiger partial charge in [0.25, 0.3) is 0 Å². The van der Waals surface area contributed by atoms with Gasteiger partial charge in [0.2, 0.25) is 0 Å². The standard InChI is InChI=1S/C70H136O17P2/c1-5-9-13-17-19-21-23-25-27-29-31-32-33-35-37-39-41-43-45-49-53-57-70(75)87-66(61-81-68(73)55-51-48-44-42-40-38-36-34-30-28-26-24-22-20-18-14-10-6-2)63-85-89(78,79)83-59-64(71)58-82-88(76,77)84-62-65(86-69(74)56-52-47-16-12-8-4)60-80-67(72)54-50-46-15-11-7-3/h64-66,71H,5-63H2,1-4H3,(H,76,77)(H,78,79)/t64-,65+,66+/m0/s1. The Morgan fingerprint density at radius 3 is 0.663 bits per heavy atom. The molecule has 0 saturated heterocycles. The Balaban J connectivity index is 5.03. The Kier molecular flexibility index (Phi) is 63.3. The molecule has 0 aromatic carbocycles. The molecule has 0 aliphatic heterocycles. The topological polar surface area (TPSA) is 237 Å². The van der Waals surface area contributed by atoms with Crippen molar-refractivity contribution in [3.63, 3.8) is 0 Å². The van der Waals surface area contributed by atoms with Gasteiger partial charge in [-0.05, 0) is 25.7 Å². The average molecular weight is 1310 g/mol. The lowest BCUT2D eigenvalue weighted by Crippen LogP contribution is -2.30. The number of esters is 4. The molecule has 0 spiro atoms. The molecule has 0 saturated carbocycles. The third-order valence-electron chi connectivity index (χ3n) is 16.4. The number of carbonyl (C=O) groups is 4. The van der Waals surface area contributed by atoms with Crippen molar-refractivity contribution in [2.45, 2.75) is 386 Å². The van der Waals surface area contributed by atoms with Crippen LogP contribution in [0.4, 0.5) is 0 Å². The summed E-state index contributed by atoms with van der Waals surface area (Å²) >= 11 is 0. The van der Waals surface area contributed by atoms with Crippen molar-refractivity contribution in [1.29, 1.82) is 0 Å². The summed E-state index contributed by atoms with van der Waals surface area (Å²) < 4.78 is 67.8. The van der Waals surface area contributed by atoms with Crippen molar-refractivity contribution in [3.8, 4) is 0 Å². The summed E-state index contributed by atoms with van der Waals surface area (Å²) in [6.45, 7) is 4.75. The van der Waals surface area contributed by atoms with Gasteiger partial charge in [-0.15, -0.1) is 0 Å². The van der Waals surface area contributed by atoms with Gasteiger partial charge in [0.05, 0.1) is 26.4 Å². The van der Waals surface area contributed by atoms with Gasteiger partial charge in [-0.3, -0.25) is 37.3 Å². The first-order chi connectivity index (χ1) is 43.2. The molecule has 0 rings (SSSR count). The SMILES string of the molecule is CCCCCCCCCCCCCCCCCCCCCCCC(=O)O[C@H](COC(=O)CCCCCCCCCCCCCCCCCCCC)COP(=O)(O)OC[C@@H](O)COP(=O)(O)OC[C@@H](COC(=O)CCCCCCC)OC(=O)CCCCCCC. The maximum atomic E-state index is 13.0. The fraction of sp³-hybridized carbons (Fsp3) is 0.943. The molecular weight excluding hydrogens is 1170 g/mol. The number of carbonyl (C=O) groups excluding carboxylic acids is 4. The van der Waals surface area contributed by atoms with Crippen molar-refractivity contribution in [3.05, 3.63) is 0 Å². The second kappa shape index (κ2) is 64.8. The van der Waals surface area contributed by atoms with Crippen LogP contribution in [0.2, 0.25) is 0 Å². The van der Waals surface area contributed by atoms with Crippen molar-refractivity contribution in [2.24, 2.45) is 0 Å². The molecule has 0 fully saturated rings. The number of ether oxygens (including phenoxy) is 4. The summed E-state index contributed by atoms with van der Waals surface area (Å²) in [7, 11) is -9.87. The third kappa shape index (κ3) is 64.6. The molecular formula is C70H136O17P2. The number of unbranched alkanes of at least 4 members (excludes halogenated alkanes) is 45. The van der Waals surface area contributed by atoms with E-state index in [0.717, 1.165) is 96.3 Å². The van der Waals surface area contributed by atoms with Gasteiger partial charge in [-0.2, -0.15) is 0 Å². The zero-order valence-electron chi connectivity index (χ0n) is 57.4. The van der Waals surface area contributed by atoms with Crippen LogP contribution in [0.1, 0.15) is 368 Å². The van der Waals surface area contributed by atoms with Gasteiger partial charge in [-0.1, -0.05) is 317 Å². The van der Waals surface area contributed by atoms with Gasteiger partial charge >= 0.3 is 39.5 Å². The van der Waals surface area contributed by atoms with Gasteiger partial charge in [0.1, 0.15) is 19.3 Å². The first-order valence-corrected chi connectivity index (χ1v) is 39.8. The number of rotatable bonds is 71. The smallest absolute Gasteiger partial charge is 0.462 e. The molecule has 17 nitrogen and oxygen atoms in total. The molecule has 0 bridgehead atoms. The quantitative estimate of drug-likeness (QED) is 0.0222. The number of phosphoric acid groups is 2. The summed E-state index contributed by atoms with van der Waals surface area (Å²) in [5.41, 5.74) is 0. The highest BCUT2D eigenvalue weighted by atomic mass is 31.2. The monoisotopic (exact) mass is 1310 g/mol. The molecule has 5 atom stereocenters. The highest BCUT2D eigenvalue weighted by Crippen LogP contribution is 2.45. The molecule has 0 aromatic heterocycles. The highest BCUT2D eigenvalue weighted by Gasteiger charge is 2.30. The minimum absolute atomic E-state index is 0.0993. The van der Waals surface area contributed by atoms with Crippen molar-refractivity contribution >= 4 is 39.5 Å². The second-order valence-corrected chi connectivity index (χ2v) is 28.2. The predicted octanol–water partition coefficient (Wildman–Crippen LogP) is 20.3. The van der Waals surface area contributed by atoms with E-state index in [1.54, 1.807) is 0 Å². The fourth-order valence-electron chi connectivity index (χ4n) is 10.7. The number of hydrogen-bond donors (Lipinski definition) is 3. The average Bonchev–Trinajstić information content (AvgIpc) is 3.58. The molecule has 0 heterocycles. The van der Waals surface area contributed by atoms with E-state index in [4.69, 9.17) is 37.0 Å². The number of phosphoric ester groups is 2. The van der Waals surface area contributed by atoms with Crippen LogP contribution in [0.25, 0.3) is 0 Å².